The van der Waals surface area contributed by atoms with Gasteiger partial charge in [0.1, 0.15) is 17.8 Å². The van der Waals surface area contributed by atoms with E-state index >= 15 is 0 Å². The quantitative estimate of drug-likeness (QED) is 0.785. The van der Waals surface area contributed by atoms with Crippen molar-refractivity contribution in [3.63, 3.8) is 0 Å². The van der Waals surface area contributed by atoms with Crippen LogP contribution in [0.1, 0.15) is 32.5 Å². The third-order valence-corrected chi connectivity index (χ3v) is 3.09. The lowest BCUT2D eigenvalue weighted by molar-refractivity contribution is 0.0541. The molecule has 0 aromatic carbocycles. The molecule has 0 N–H and O–H groups in total. The molecule has 1 fully saturated rings. The van der Waals surface area contributed by atoms with E-state index in [2.05, 4.69) is 15.0 Å². The summed E-state index contributed by atoms with van der Waals surface area (Å²) in [5.74, 6) is 0.931. The molecule has 1 aliphatic heterocycles. The van der Waals surface area contributed by atoms with Crippen molar-refractivity contribution in [3.8, 4) is 0 Å². The molecule has 16 heavy (non-hydrogen) atoms. The molecule has 4 nitrogen and oxygen atoms in total. The van der Waals surface area contributed by atoms with E-state index in [1.54, 1.807) is 13.3 Å². The van der Waals surface area contributed by atoms with E-state index < -0.39 is 5.67 Å². The second-order valence-electron chi connectivity index (χ2n) is 4.72. The van der Waals surface area contributed by atoms with Crippen LogP contribution in [0.4, 0.5) is 4.39 Å². The van der Waals surface area contributed by atoms with Crippen LogP contribution in [0.15, 0.2) is 6.33 Å². The van der Waals surface area contributed by atoms with Crippen LogP contribution < -0.4 is 0 Å². The van der Waals surface area contributed by atoms with Crippen molar-refractivity contribution in [2.24, 2.45) is 0 Å². The van der Waals surface area contributed by atoms with Crippen LogP contribution in [-0.2, 0) is 13.1 Å². The normalized spacial score (nSPS) is 27.2. The summed E-state index contributed by atoms with van der Waals surface area (Å²) in [5, 5.41) is 4.12. The van der Waals surface area contributed by atoms with Gasteiger partial charge in [-0.2, -0.15) is 5.10 Å². The van der Waals surface area contributed by atoms with E-state index in [-0.39, 0.29) is 0 Å². The number of halogens is 1. The summed E-state index contributed by atoms with van der Waals surface area (Å²) in [7, 11) is 0. The molecule has 1 aromatic heterocycles. The number of aromatic nitrogens is 3. The number of rotatable bonds is 3. The van der Waals surface area contributed by atoms with Gasteiger partial charge in [-0.05, 0) is 33.2 Å². The Kier molecular flexibility index (Phi) is 3.23. The van der Waals surface area contributed by atoms with Crippen molar-refractivity contribution in [1.82, 2.24) is 19.7 Å². The lowest BCUT2D eigenvalue weighted by Crippen LogP contribution is -2.43. The third kappa shape index (κ3) is 2.58. The molecule has 0 amide bonds. The zero-order chi connectivity index (χ0) is 11.6. The minimum absolute atomic E-state index is 0.504. The predicted octanol–water partition coefficient (Wildman–Crippen LogP) is 1.62. The third-order valence-electron chi connectivity index (χ3n) is 3.09. The Hall–Kier alpha value is -0.970. The number of hydrogen-bond donors (Lipinski definition) is 0. The number of hydrogen-bond acceptors (Lipinski definition) is 3. The highest BCUT2D eigenvalue weighted by molar-refractivity contribution is 4.89. The summed E-state index contributed by atoms with van der Waals surface area (Å²) in [6.07, 6.45) is 3.16. The maximum atomic E-state index is 13.8. The average Bonchev–Trinajstić information content (AvgIpc) is 2.63. The average molecular weight is 226 g/mol. The highest BCUT2D eigenvalue weighted by Gasteiger charge is 2.30. The maximum Gasteiger partial charge on any atom is 0.140 e. The molecule has 90 valence electrons. The van der Waals surface area contributed by atoms with Gasteiger partial charge in [0.2, 0.25) is 0 Å². The summed E-state index contributed by atoms with van der Waals surface area (Å²) < 4.78 is 15.7. The zero-order valence-electron chi connectivity index (χ0n) is 9.99. The van der Waals surface area contributed by atoms with Gasteiger partial charge in [-0.15, -0.1) is 0 Å². The molecule has 0 radical (unpaired) electrons. The standard InChI is InChI=1S/C11H19FN4/c1-3-16-10(13-9-14-16)7-15-6-4-5-11(2,12)8-15/h9H,3-8H2,1-2H3/t11-/m1/s1. The molecule has 1 aromatic rings. The molecule has 1 atom stereocenters. The highest BCUT2D eigenvalue weighted by Crippen LogP contribution is 2.25. The molecule has 0 unspecified atom stereocenters. The zero-order valence-corrected chi connectivity index (χ0v) is 9.99. The van der Waals surface area contributed by atoms with Gasteiger partial charge in [0.15, 0.2) is 0 Å². The van der Waals surface area contributed by atoms with Crippen LogP contribution in [0.25, 0.3) is 0 Å². The Morgan fingerprint density at radius 1 is 1.56 bits per heavy atom. The summed E-state index contributed by atoms with van der Waals surface area (Å²) >= 11 is 0. The number of likely N-dealkylation sites (tertiary alicyclic amines) is 1. The van der Waals surface area contributed by atoms with Crippen LogP contribution in [-0.4, -0.2) is 38.4 Å². The first-order valence-electron chi connectivity index (χ1n) is 5.89. The van der Waals surface area contributed by atoms with Gasteiger partial charge >= 0.3 is 0 Å². The van der Waals surface area contributed by atoms with E-state index in [4.69, 9.17) is 0 Å². The first-order chi connectivity index (χ1) is 7.61. The minimum Gasteiger partial charge on any atom is -0.293 e. The molecule has 5 heteroatoms. The maximum absolute atomic E-state index is 13.8. The molecular formula is C11H19FN4. The van der Waals surface area contributed by atoms with E-state index in [0.717, 1.165) is 25.3 Å². The fraction of sp³-hybridized carbons (Fsp3) is 0.818. The molecule has 2 rings (SSSR count). The number of piperidine rings is 1. The van der Waals surface area contributed by atoms with Crippen molar-refractivity contribution in [2.75, 3.05) is 13.1 Å². The van der Waals surface area contributed by atoms with Crippen LogP contribution in [0.3, 0.4) is 0 Å². The first kappa shape index (κ1) is 11.5. The van der Waals surface area contributed by atoms with Crippen LogP contribution in [0, 0.1) is 0 Å². The number of alkyl halides is 1. The lowest BCUT2D eigenvalue weighted by atomic mass is 9.97. The second kappa shape index (κ2) is 4.49. The van der Waals surface area contributed by atoms with Crippen LogP contribution in [0.2, 0.25) is 0 Å². The SMILES string of the molecule is CCn1ncnc1CN1CCC[C@@](C)(F)C1. The Balaban J connectivity index is 1.99. The van der Waals surface area contributed by atoms with E-state index in [1.807, 2.05) is 11.6 Å². The second-order valence-corrected chi connectivity index (χ2v) is 4.72. The van der Waals surface area contributed by atoms with Crippen molar-refractivity contribution >= 4 is 0 Å². The highest BCUT2D eigenvalue weighted by atomic mass is 19.1. The van der Waals surface area contributed by atoms with Crippen LogP contribution >= 0.6 is 0 Å². The van der Waals surface area contributed by atoms with Gasteiger partial charge in [0, 0.05) is 13.1 Å². The predicted molar refractivity (Wildman–Crippen MR) is 59.7 cm³/mol. The van der Waals surface area contributed by atoms with Crippen LogP contribution in [0.5, 0.6) is 0 Å². The van der Waals surface area contributed by atoms with Gasteiger partial charge in [0.05, 0.1) is 6.54 Å². The Bertz CT molecular complexity index is 348. The van der Waals surface area contributed by atoms with Crippen molar-refractivity contribution in [3.05, 3.63) is 12.2 Å². The topological polar surface area (TPSA) is 34.0 Å². The van der Waals surface area contributed by atoms with Gasteiger partial charge < -0.3 is 0 Å². The molecule has 0 spiro atoms. The van der Waals surface area contributed by atoms with Crippen molar-refractivity contribution < 1.29 is 4.39 Å². The smallest absolute Gasteiger partial charge is 0.140 e. The monoisotopic (exact) mass is 226 g/mol. The van der Waals surface area contributed by atoms with Gasteiger partial charge in [-0.25, -0.2) is 14.1 Å². The van der Waals surface area contributed by atoms with Gasteiger partial charge in [-0.3, -0.25) is 4.90 Å². The van der Waals surface area contributed by atoms with E-state index in [0.29, 0.717) is 19.5 Å². The van der Waals surface area contributed by atoms with E-state index in [1.165, 1.54) is 0 Å². The Morgan fingerprint density at radius 3 is 3.06 bits per heavy atom. The largest absolute Gasteiger partial charge is 0.293 e. The molecular weight excluding hydrogens is 207 g/mol. The Morgan fingerprint density at radius 2 is 2.38 bits per heavy atom. The lowest BCUT2D eigenvalue weighted by Gasteiger charge is -2.34. The summed E-state index contributed by atoms with van der Waals surface area (Å²) in [6, 6.07) is 0. The molecule has 0 bridgehead atoms. The van der Waals surface area contributed by atoms with Gasteiger partial charge in [0.25, 0.3) is 0 Å². The van der Waals surface area contributed by atoms with E-state index in [9.17, 15) is 4.39 Å². The van der Waals surface area contributed by atoms with Gasteiger partial charge in [-0.1, -0.05) is 0 Å². The van der Waals surface area contributed by atoms with Crippen molar-refractivity contribution in [1.29, 1.82) is 0 Å². The number of nitrogens with zero attached hydrogens (tertiary/aromatic N) is 4. The number of aryl methyl sites for hydroxylation is 1. The fourth-order valence-corrected chi connectivity index (χ4v) is 2.31. The summed E-state index contributed by atoms with van der Waals surface area (Å²) in [5.41, 5.74) is -1.05. The Labute approximate surface area is 95.5 Å². The molecule has 0 saturated carbocycles. The summed E-state index contributed by atoms with van der Waals surface area (Å²) in [6.45, 7) is 6.69. The first-order valence-corrected chi connectivity index (χ1v) is 5.89. The molecule has 0 aliphatic carbocycles. The summed E-state index contributed by atoms with van der Waals surface area (Å²) in [4.78, 5) is 6.34. The minimum atomic E-state index is -1.05. The molecule has 1 saturated heterocycles. The fourth-order valence-electron chi connectivity index (χ4n) is 2.31. The molecule has 1 aliphatic rings. The van der Waals surface area contributed by atoms with Crippen molar-refractivity contribution in [2.45, 2.75) is 45.4 Å². The molecule has 2 heterocycles.